The second-order valence-corrected chi connectivity index (χ2v) is 8.10. The van der Waals surface area contributed by atoms with Crippen molar-refractivity contribution in [3.05, 3.63) is 0 Å². The van der Waals surface area contributed by atoms with Crippen LogP contribution in [-0.2, 0) is 9.53 Å². The number of rotatable bonds is 4. The van der Waals surface area contributed by atoms with E-state index in [1.165, 1.54) is 19.3 Å². The summed E-state index contributed by atoms with van der Waals surface area (Å²) in [5.74, 6) is 1.82. The molecule has 0 radical (unpaired) electrons. The van der Waals surface area contributed by atoms with Crippen LogP contribution in [-0.4, -0.2) is 72.1 Å². The molecule has 0 bridgehead atoms. The molecule has 0 aromatic heterocycles. The van der Waals surface area contributed by atoms with E-state index in [2.05, 4.69) is 16.7 Å². The van der Waals surface area contributed by atoms with Gasteiger partial charge in [-0.1, -0.05) is 13.3 Å². The summed E-state index contributed by atoms with van der Waals surface area (Å²) in [4.78, 5) is 17.3. The maximum Gasteiger partial charge on any atom is 0.228 e. The van der Waals surface area contributed by atoms with Crippen molar-refractivity contribution in [3.63, 3.8) is 0 Å². The molecule has 0 spiro atoms. The Balaban J connectivity index is 1.48. The van der Waals surface area contributed by atoms with Crippen LogP contribution in [0.5, 0.6) is 0 Å². The molecule has 120 valence electrons. The third-order valence-electron chi connectivity index (χ3n) is 5.02. The van der Waals surface area contributed by atoms with Gasteiger partial charge in [0, 0.05) is 44.1 Å². The summed E-state index contributed by atoms with van der Waals surface area (Å²) in [6, 6.07) is 0.571. The van der Waals surface area contributed by atoms with Gasteiger partial charge in [0.25, 0.3) is 0 Å². The lowest BCUT2D eigenvalue weighted by molar-refractivity contribution is -0.142. The van der Waals surface area contributed by atoms with Crippen LogP contribution in [0.1, 0.15) is 32.6 Å². The molecule has 21 heavy (non-hydrogen) atoms. The van der Waals surface area contributed by atoms with Gasteiger partial charge >= 0.3 is 0 Å². The highest BCUT2D eigenvalue weighted by Gasteiger charge is 2.40. The number of nitrogens with zero attached hydrogens (tertiary/aromatic N) is 2. The van der Waals surface area contributed by atoms with Gasteiger partial charge in [0.2, 0.25) is 5.91 Å². The summed E-state index contributed by atoms with van der Waals surface area (Å²) in [5, 5.41) is 0.654. The van der Waals surface area contributed by atoms with Gasteiger partial charge in [0.1, 0.15) is 0 Å². The van der Waals surface area contributed by atoms with Gasteiger partial charge in [-0.05, 0) is 25.0 Å². The number of ether oxygens (including phenoxy) is 1. The number of amides is 1. The molecule has 3 aliphatic heterocycles. The van der Waals surface area contributed by atoms with Crippen molar-refractivity contribution in [1.82, 2.24) is 9.80 Å². The molecule has 0 aromatic carbocycles. The maximum absolute atomic E-state index is 12.7. The van der Waals surface area contributed by atoms with Gasteiger partial charge in [-0.3, -0.25) is 9.69 Å². The summed E-state index contributed by atoms with van der Waals surface area (Å²) < 4.78 is 5.44. The fourth-order valence-corrected chi connectivity index (χ4v) is 4.80. The van der Waals surface area contributed by atoms with Gasteiger partial charge in [-0.15, -0.1) is 0 Å². The highest BCUT2D eigenvalue weighted by atomic mass is 32.2. The minimum atomic E-state index is 0.246. The Hall–Kier alpha value is -0.260. The van der Waals surface area contributed by atoms with E-state index in [1.807, 2.05) is 11.8 Å². The Morgan fingerprint density at radius 3 is 2.81 bits per heavy atom. The lowest BCUT2D eigenvalue weighted by Crippen LogP contribution is -2.58. The van der Waals surface area contributed by atoms with Gasteiger partial charge in [-0.2, -0.15) is 11.8 Å². The summed E-state index contributed by atoms with van der Waals surface area (Å²) >= 11 is 2.02. The van der Waals surface area contributed by atoms with E-state index in [9.17, 15) is 4.79 Å². The van der Waals surface area contributed by atoms with Gasteiger partial charge in [-0.25, -0.2) is 0 Å². The number of carbonyl (C=O) groups excluding carboxylic acids is 1. The van der Waals surface area contributed by atoms with Crippen LogP contribution >= 0.6 is 11.8 Å². The van der Waals surface area contributed by atoms with Gasteiger partial charge in [0.15, 0.2) is 0 Å². The lowest BCUT2D eigenvalue weighted by atomic mass is 9.95. The first-order chi connectivity index (χ1) is 10.3. The normalized spacial score (nSPS) is 32.0. The van der Waals surface area contributed by atoms with Crippen molar-refractivity contribution in [3.8, 4) is 0 Å². The maximum atomic E-state index is 12.7. The molecule has 3 saturated heterocycles. The molecule has 3 fully saturated rings. The first kappa shape index (κ1) is 15.6. The Kier molecular flexibility index (Phi) is 5.46. The van der Waals surface area contributed by atoms with E-state index >= 15 is 0 Å². The summed E-state index contributed by atoms with van der Waals surface area (Å²) in [6.45, 7) is 7.82. The molecule has 0 aromatic rings. The first-order valence-electron chi connectivity index (χ1n) is 8.50. The van der Waals surface area contributed by atoms with Crippen molar-refractivity contribution in [2.75, 3.05) is 45.1 Å². The fraction of sp³-hybridized carbons (Fsp3) is 0.938. The monoisotopic (exact) mass is 312 g/mol. The van der Waals surface area contributed by atoms with Crippen molar-refractivity contribution in [1.29, 1.82) is 0 Å². The van der Waals surface area contributed by atoms with Crippen LogP contribution in [0.4, 0.5) is 0 Å². The van der Waals surface area contributed by atoms with Crippen LogP contribution in [0.3, 0.4) is 0 Å². The van der Waals surface area contributed by atoms with Crippen molar-refractivity contribution >= 4 is 17.7 Å². The minimum absolute atomic E-state index is 0.246. The van der Waals surface area contributed by atoms with Gasteiger partial charge < -0.3 is 9.64 Å². The molecule has 4 nitrogen and oxygen atoms in total. The molecule has 0 aliphatic carbocycles. The van der Waals surface area contributed by atoms with E-state index in [0.29, 0.717) is 17.2 Å². The summed E-state index contributed by atoms with van der Waals surface area (Å²) in [5.41, 5.74) is 0. The molecule has 3 rings (SSSR count). The number of hydrogen-bond donors (Lipinski definition) is 0. The quantitative estimate of drug-likeness (QED) is 0.793. The molecule has 3 heterocycles. The van der Waals surface area contributed by atoms with Crippen LogP contribution in [0.15, 0.2) is 0 Å². The number of carbonyl (C=O) groups is 1. The molecule has 2 atom stereocenters. The minimum Gasteiger partial charge on any atom is -0.380 e. The molecule has 3 aliphatic rings. The van der Waals surface area contributed by atoms with Crippen LogP contribution < -0.4 is 0 Å². The standard InChI is InChI=1S/C16H28N2O2S/c1-2-21-15-5-3-4-7-17(11-15)16(19)13-9-18(10-13)14-6-8-20-12-14/h13-15H,2-12H2,1H3. The van der Waals surface area contributed by atoms with Gasteiger partial charge in [0.05, 0.1) is 12.5 Å². The number of likely N-dealkylation sites (tertiary alicyclic amines) is 2. The van der Waals surface area contributed by atoms with Crippen molar-refractivity contribution in [2.45, 2.75) is 43.9 Å². The first-order valence-corrected chi connectivity index (χ1v) is 9.55. The average Bonchev–Trinajstić information content (AvgIpc) is 2.83. The second kappa shape index (κ2) is 7.34. The predicted molar refractivity (Wildman–Crippen MR) is 86.6 cm³/mol. The Bertz CT molecular complexity index is 354. The smallest absolute Gasteiger partial charge is 0.228 e. The SMILES string of the molecule is CCSC1CCCCN(C(=O)C2CN(C3CCOC3)C2)C1. The van der Waals surface area contributed by atoms with E-state index in [-0.39, 0.29) is 5.92 Å². The highest BCUT2D eigenvalue weighted by Crippen LogP contribution is 2.27. The zero-order chi connectivity index (χ0) is 14.7. The molecule has 2 unspecified atom stereocenters. The van der Waals surface area contributed by atoms with Crippen LogP contribution in [0.25, 0.3) is 0 Å². The Morgan fingerprint density at radius 2 is 2.10 bits per heavy atom. The Morgan fingerprint density at radius 1 is 1.24 bits per heavy atom. The Labute approximate surface area is 132 Å². The van der Waals surface area contributed by atoms with E-state index in [4.69, 9.17) is 4.74 Å². The topological polar surface area (TPSA) is 32.8 Å². The molecule has 5 heteroatoms. The molecule has 1 amide bonds. The van der Waals surface area contributed by atoms with E-state index in [1.54, 1.807) is 0 Å². The summed E-state index contributed by atoms with van der Waals surface area (Å²) in [6.07, 6.45) is 4.87. The third-order valence-corrected chi connectivity index (χ3v) is 6.21. The third kappa shape index (κ3) is 3.74. The number of thioether (sulfide) groups is 1. The lowest BCUT2D eigenvalue weighted by Gasteiger charge is -2.43. The molecule has 0 N–H and O–H groups in total. The van der Waals surface area contributed by atoms with Crippen LogP contribution in [0, 0.1) is 5.92 Å². The molecular weight excluding hydrogens is 284 g/mol. The zero-order valence-electron chi connectivity index (χ0n) is 13.1. The van der Waals surface area contributed by atoms with E-state index < -0.39 is 0 Å². The van der Waals surface area contributed by atoms with E-state index in [0.717, 1.165) is 51.6 Å². The fourth-order valence-electron chi connectivity index (χ4n) is 3.71. The highest BCUT2D eigenvalue weighted by molar-refractivity contribution is 7.99. The van der Waals surface area contributed by atoms with Crippen LogP contribution in [0.2, 0.25) is 0 Å². The molecule has 0 saturated carbocycles. The number of hydrogen-bond acceptors (Lipinski definition) is 4. The molecular formula is C16H28N2O2S. The van der Waals surface area contributed by atoms with Crippen molar-refractivity contribution < 1.29 is 9.53 Å². The largest absolute Gasteiger partial charge is 0.380 e. The second-order valence-electron chi connectivity index (χ2n) is 6.53. The summed E-state index contributed by atoms with van der Waals surface area (Å²) in [7, 11) is 0. The predicted octanol–water partition coefficient (Wildman–Crippen LogP) is 1.84. The average molecular weight is 312 g/mol. The van der Waals surface area contributed by atoms with Crippen molar-refractivity contribution in [2.24, 2.45) is 5.92 Å². The zero-order valence-corrected chi connectivity index (χ0v) is 13.9.